The van der Waals surface area contributed by atoms with E-state index in [-0.39, 0.29) is 17.4 Å². The Kier molecular flexibility index (Phi) is 5.16. The van der Waals surface area contributed by atoms with E-state index >= 15 is 0 Å². The molecule has 1 aliphatic rings. The van der Waals surface area contributed by atoms with Crippen molar-refractivity contribution in [3.8, 4) is 0 Å². The fraction of sp³-hybridized carbons (Fsp3) is 0.571. The molecule has 1 aromatic heterocycles. The van der Waals surface area contributed by atoms with Crippen molar-refractivity contribution in [2.24, 2.45) is 0 Å². The molecule has 116 valence electrons. The fourth-order valence-electron chi connectivity index (χ4n) is 2.36. The average Bonchev–Trinajstić information content (AvgIpc) is 3.03. The van der Waals surface area contributed by atoms with Crippen molar-refractivity contribution in [2.45, 2.75) is 44.6 Å². The molecule has 1 saturated heterocycles. The Morgan fingerprint density at radius 1 is 1.52 bits per heavy atom. The van der Waals surface area contributed by atoms with Crippen molar-refractivity contribution < 1.29 is 14.7 Å². The Bertz CT molecular complexity index is 532. The van der Waals surface area contributed by atoms with Gasteiger partial charge in [0.05, 0.1) is 11.4 Å². The molecule has 5 nitrogen and oxygen atoms in total. The zero-order chi connectivity index (χ0) is 15.6. The second-order valence-corrected chi connectivity index (χ2v) is 7.61. The maximum absolute atomic E-state index is 12.5. The van der Waals surface area contributed by atoms with Gasteiger partial charge in [0.15, 0.2) is 0 Å². The maximum Gasteiger partial charge on any atom is 0.327 e. The van der Waals surface area contributed by atoms with E-state index in [9.17, 15) is 14.7 Å². The average molecular weight is 328 g/mol. The fourth-order valence-corrected chi connectivity index (χ4v) is 4.58. The van der Waals surface area contributed by atoms with Crippen LogP contribution in [0, 0.1) is 6.92 Å². The number of carboxylic acid groups (broad SMARTS) is 1. The second-order valence-electron chi connectivity index (χ2n) is 5.08. The maximum atomic E-state index is 12.5. The predicted octanol–water partition coefficient (Wildman–Crippen LogP) is 3.07. The first-order valence-corrected chi connectivity index (χ1v) is 8.80. The minimum atomic E-state index is -0.937. The summed E-state index contributed by atoms with van der Waals surface area (Å²) >= 11 is 3.17. The lowest BCUT2D eigenvalue weighted by molar-refractivity contribution is -0.141. The summed E-state index contributed by atoms with van der Waals surface area (Å²) in [5.74, 6) is -0.485. The minimum Gasteiger partial charge on any atom is -0.480 e. The van der Waals surface area contributed by atoms with Gasteiger partial charge in [-0.3, -0.25) is 4.90 Å². The lowest BCUT2D eigenvalue weighted by Crippen LogP contribution is -2.50. The van der Waals surface area contributed by atoms with Gasteiger partial charge in [-0.1, -0.05) is 6.92 Å². The largest absolute Gasteiger partial charge is 0.480 e. The number of hydrogen-bond donors (Lipinski definition) is 2. The number of hydrogen-bond acceptors (Lipinski definition) is 4. The third kappa shape index (κ3) is 3.52. The van der Waals surface area contributed by atoms with Crippen LogP contribution in [0.15, 0.2) is 12.1 Å². The van der Waals surface area contributed by atoms with E-state index < -0.39 is 12.0 Å². The highest BCUT2D eigenvalue weighted by Gasteiger charge is 2.41. The number of thioether (sulfide) groups is 1. The molecular weight excluding hydrogens is 308 g/mol. The highest BCUT2D eigenvalue weighted by atomic mass is 32.2. The van der Waals surface area contributed by atoms with Gasteiger partial charge in [-0.25, -0.2) is 9.59 Å². The van der Waals surface area contributed by atoms with Crippen molar-refractivity contribution in [2.75, 3.05) is 5.75 Å². The third-order valence-corrected chi connectivity index (χ3v) is 6.13. The van der Waals surface area contributed by atoms with Gasteiger partial charge >= 0.3 is 12.0 Å². The molecule has 0 saturated carbocycles. The number of carboxylic acids is 1. The summed E-state index contributed by atoms with van der Waals surface area (Å²) in [4.78, 5) is 27.5. The second kappa shape index (κ2) is 6.70. The van der Waals surface area contributed by atoms with E-state index in [2.05, 4.69) is 5.32 Å². The number of aryl methyl sites for hydroxylation is 1. The first kappa shape index (κ1) is 16.2. The number of nitrogens with zero attached hydrogens (tertiary/aromatic N) is 1. The van der Waals surface area contributed by atoms with Gasteiger partial charge < -0.3 is 10.4 Å². The number of rotatable bonds is 4. The SMILES string of the molecule is CCC1SCC(C(=O)O)N1C(=O)NC(C)c1ccc(C)s1. The summed E-state index contributed by atoms with van der Waals surface area (Å²) in [5, 5.41) is 12.1. The van der Waals surface area contributed by atoms with Crippen molar-refractivity contribution in [3.63, 3.8) is 0 Å². The van der Waals surface area contributed by atoms with Crippen LogP contribution in [0.4, 0.5) is 4.79 Å². The van der Waals surface area contributed by atoms with Crippen LogP contribution in [0.2, 0.25) is 0 Å². The number of amides is 2. The molecule has 2 N–H and O–H groups in total. The Morgan fingerprint density at radius 3 is 2.76 bits per heavy atom. The van der Waals surface area contributed by atoms with Gasteiger partial charge in [-0.05, 0) is 32.4 Å². The monoisotopic (exact) mass is 328 g/mol. The number of thiophene rings is 1. The number of aliphatic carboxylic acids is 1. The zero-order valence-electron chi connectivity index (χ0n) is 12.3. The number of carbonyl (C=O) groups excluding carboxylic acids is 1. The van der Waals surface area contributed by atoms with Crippen LogP contribution in [0.25, 0.3) is 0 Å². The molecule has 2 amide bonds. The van der Waals surface area contributed by atoms with Gasteiger partial charge in [0.25, 0.3) is 0 Å². The van der Waals surface area contributed by atoms with Gasteiger partial charge in [-0.15, -0.1) is 23.1 Å². The van der Waals surface area contributed by atoms with E-state index in [0.717, 1.165) is 11.3 Å². The summed E-state index contributed by atoms with van der Waals surface area (Å²) in [7, 11) is 0. The molecule has 0 radical (unpaired) electrons. The van der Waals surface area contributed by atoms with E-state index in [1.807, 2.05) is 32.9 Å². The molecule has 2 rings (SSSR count). The molecule has 0 spiro atoms. The minimum absolute atomic E-state index is 0.0663. The Labute approximate surface area is 132 Å². The summed E-state index contributed by atoms with van der Waals surface area (Å²) in [6.45, 7) is 5.91. The summed E-state index contributed by atoms with van der Waals surface area (Å²) in [6.07, 6.45) is 0.744. The van der Waals surface area contributed by atoms with Crippen molar-refractivity contribution in [3.05, 3.63) is 21.9 Å². The summed E-state index contributed by atoms with van der Waals surface area (Å²) in [5.41, 5.74) is 0. The number of urea groups is 1. The zero-order valence-corrected chi connectivity index (χ0v) is 14.0. The van der Waals surface area contributed by atoms with Gasteiger partial charge in [0, 0.05) is 15.5 Å². The number of nitrogens with one attached hydrogen (secondary N) is 1. The molecule has 7 heteroatoms. The quantitative estimate of drug-likeness (QED) is 0.891. The van der Waals surface area contributed by atoms with Gasteiger partial charge in [0.2, 0.25) is 0 Å². The van der Waals surface area contributed by atoms with Crippen LogP contribution in [0.1, 0.15) is 36.1 Å². The molecule has 3 unspecified atom stereocenters. The molecule has 21 heavy (non-hydrogen) atoms. The topological polar surface area (TPSA) is 69.6 Å². The van der Waals surface area contributed by atoms with E-state index in [4.69, 9.17) is 0 Å². The Hall–Kier alpha value is -1.21. The first-order chi connectivity index (χ1) is 9.93. The van der Waals surface area contributed by atoms with Gasteiger partial charge in [-0.2, -0.15) is 0 Å². The molecule has 0 aromatic carbocycles. The lowest BCUT2D eigenvalue weighted by Gasteiger charge is -2.28. The molecule has 1 aromatic rings. The lowest BCUT2D eigenvalue weighted by atomic mass is 10.2. The Morgan fingerprint density at radius 2 is 2.24 bits per heavy atom. The van der Waals surface area contributed by atoms with Crippen LogP contribution in [0.5, 0.6) is 0 Å². The smallest absolute Gasteiger partial charge is 0.327 e. The molecular formula is C14H20N2O3S2. The highest BCUT2D eigenvalue weighted by molar-refractivity contribution is 8.00. The van der Waals surface area contributed by atoms with Crippen LogP contribution in [-0.2, 0) is 4.79 Å². The van der Waals surface area contributed by atoms with Crippen LogP contribution < -0.4 is 5.32 Å². The molecule has 0 aliphatic carbocycles. The standard InChI is InChI=1S/C14H20N2O3S2/c1-4-12-16(10(7-20-12)13(17)18)14(19)15-9(3)11-6-5-8(2)21-11/h5-6,9-10,12H,4,7H2,1-3H3,(H,15,19)(H,17,18). The van der Waals surface area contributed by atoms with Crippen molar-refractivity contribution in [1.29, 1.82) is 0 Å². The summed E-state index contributed by atoms with van der Waals surface area (Å²) in [6, 6.07) is 2.86. The molecule has 3 atom stereocenters. The Balaban J connectivity index is 2.08. The van der Waals surface area contributed by atoms with E-state index in [0.29, 0.717) is 5.75 Å². The van der Waals surface area contributed by atoms with E-state index in [1.54, 1.807) is 11.3 Å². The highest BCUT2D eigenvalue weighted by Crippen LogP contribution is 2.32. The summed E-state index contributed by atoms with van der Waals surface area (Å²) < 4.78 is 0. The molecule has 0 bridgehead atoms. The van der Waals surface area contributed by atoms with Crippen LogP contribution in [0.3, 0.4) is 0 Å². The molecule has 1 aliphatic heterocycles. The number of carbonyl (C=O) groups is 2. The van der Waals surface area contributed by atoms with Crippen LogP contribution >= 0.6 is 23.1 Å². The molecule has 1 fully saturated rings. The first-order valence-electron chi connectivity index (χ1n) is 6.93. The normalized spacial score (nSPS) is 23.1. The molecule has 2 heterocycles. The van der Waals surface area contributed by atoms with Crippen molar-refractivity contribution >= 4 is 35.1 Å². The predicted molar refractivity (Wildman–Crippen MR) is 85.8 cm³/mol. The van der Waals surface area contributed by atoms with Gasteiger partial charge in [0.1, 0.15) is 6.04 Å². The third-order valence-electron chi connectivity index (χ3n) is 3.49. The van der Waals surface area contributed by atoms with Crippen LogP contribution in [-0.4, -0.2) is 39.2 Å². The van der Waals surface area contributed by atoms with Crippen molar-refractivity contribution in [1.82, 2.24) is 10.2 Å². The van der Waals surface area contributed by atoms with E-state index in [1.165, 1.54) is 21.5 Å².